The number of ether oxygens (including phenoxy) is 1. The van der Waals surface area contributed by atoms with Crippen LogP contribution in [0.1, 0.15) is 81.9 Å². The minimum atomic E-state index is -1.05. The minimum absolute atomic E-state index is 0.0372. The lowest BCUT2D eigenvalue weighted by atomic mass is 10.00. The average molecular weight is 526 g/mol. The van der Waals surface area contributed by atoms with Gasteiger partial charge in [-0.15, -0.1) is 11.3 Å². The molecule has 2 aliphatic heterocycles. The van der Waals surface area contributed by atoms with E-state index in [1.807, 2.05) is 13.8 Å². The number of urea groups is 1. The number of hydrogen-bond donors (Lipinski definition) is 3. The van der Waals surface area contributed by atoms with E-state index >= 15 is 0 Å². The second-order valence-corrected chi connectivity index (χ2v) is 10.9. The number of nitrogens with zero attached hydrogens (tertiary/aromatic N) is 2. The molecule has 2 atom stereocenters. The Morgan fingerprint density at radius 3 is 2.62 bits per heavy atom. The van der Waals surface area contributed by atoms with Gasteiger partial charge in [-0.3, -0.25) is 29.4 Å². The third-order valence-corrected chi connectivity index (χ3v) is 8.30. The number of nitrogens with one attached hydrogen (secondary N) is 3. The summed E-state index contributed by atoms with van der Waals surface area (Å²) >= 11 is 1.57. The molecule has 2 aromatic rings. The van der Waals surface area contributed by atoms with Crippen molar-refractivity contribution in [3.63, 3.8) is 0 Å². The van der Waals surface area contributed by atoms with Gasteiger partial charge >= 0.3 is 6.03 Å². The van der Waals surface area contributed by atoms with Crippen LogP contribution in [-0.4, -0.2) is 52.7 Å². The van der Waals surface area contributed by atoms with Gasteiger partial charge in [0.25, 0.3) is 11.8 Å². The van der Waals surface area contributed by atoms with Gasteiger partial charge in [-0.2, -0.15) is 0 Å². The van der Waals surface area contributed by atoms with E-state index in [-0.39, 0.29) is 30.1 Å². The number of fused-ring (bicyclic) bond motifs is 2. The van der Waals surface area contributed by atoms with Crippen molar-refractivity contribution in [1.29, 1.82) is 0 Å². The van der Waals surface area contributed by atoms with Crippen LogP contribution < -0.4 is 16.0 Å². The number of amides is 6. The SMILES string of the molecule is COC1CCCc2sc(C(C)(C)NC(=O)Nc3ccc4c(c3)C(=O)N(C3CCC(=O)NC3=O)C4=O)nc21. The number of hydrogen-bond acceptors (Lipinski definition) is 8. The highest BCUT2D eigenvalue weighted by Gasteiger charge is 2.44. The average Bonchev–Trinajstić information content (AvgIpc) is 3.39. The fourth-order valence-corrected chi connectivity index (χ4v) is 6.14. The molecule has 3 aliphatic rings. The second-order valence-electron chi connectivity index (χ2n) is 9.86. The fourth-order valence-electron chi connectivity index (χ4n) is 4.92. The van der Waals surface area contributed by atoms with Gasteiger partial charge in [0.15, 0.2) is 0 Å². The highest BCUT2D eigenvalue weighted by Crippen LogP contribution is 2.38. The number of anilines is 1. The highest BCUT2D eigenvalue weighted by molar-refractivity contribution is 7.11. The van der Waals surface area contributed by atoms with E-state index in [0.29, 0.717) is 5.69 Å². The molecular formula is C25H27N5O6S. The Bertz CT molecular complexity index is 1330. The van der Waals surface area contributed by atoms with Crippen LogP contribution in [0.3, 0.4) is 0 Å². The number of aryl methyl sites for hydroxylation is 1. The molecule has 1 aliphatic carbocycles. The van der Waals surface area contributed by atoms with E-state index in [9.17, 15) is 24.0 Å². The standard InChI is InChI=1S/C25H27N5O6S/c1-25(2,23-28-19-16(36-3)5-4-6-17(19)37-23)29-24(35)26-12-7-8-13-14(11-12)22(34)30(21(13)33)15-9-10-18(31)27-20(15)32/h7-8,11,15-16H,4-6,9-10H2,1-3H3,(H2,26,29,35)(H,27,31,32). The number of methoxy groups -OCH3 is 1. The first-order valence-corrected chi connectivity index (χ1v) is 12.9. The summed E-state index contributed by atoms with van der Waals surface area (Å²) in [5, 5.41) is 8.59. The minimum Gasteiger partial charge on any atom is -0.375 e. The number of thiazole rings is 1. The second kappa shape index (κ2) is 9.34. The zero-order valence-electron chi connectivity index (χ0n) is 20.7. The Morgan fingerprint density at radius 1 is 1.14 bits per heavy atom. The van der Waals surface area contributed by atoms with Gasteiger partial charge in [0.1, 0.15) is 17.2 Å². The van der Waals surface area contributed by atoms with Crippen molar-refractivity contribution < 1.29 is 28.7 Å². The predicted molar refractivity (Wildman–Crippen MR) is 133 cm³/mol. The van der Waals surface area contributed by atoms with E-state index in [1.165, 1.54) is 23.1 Å². The number of carbonyl (C=O) groups is 5. The van der Waals surface area contributed by atoms with E-state index in [4.69, 9.17) is 9.72 Å². The molecule has 5 rings (SSSR count). The maximum Gasteiger partial charge on any atom is 0.319 e. The molecule has 37 heavy (non-hydrogen) atoms. The molecule has 0 radical (unpaired) electrons. The van der Waals surface area contributed by atoms with Crippen LogP contribution >= 0.6 is 11.3 Å². The summed E-state index contributed by atoms with van der Waals surface area (Å²) < 4.78 is 5.57. The molecule has 1 fully saturated rings. The van der Waals surface area contributed by atoms with Gasteiger partial charge in [-0.05, 0) is 57.7 Å². The monoisotopic (exact) mass is 525 g/mol. The maximum absolute atomic E-state index is 13.0. The number of rotatable bonds is 5. The molecule has 2 unspecified atom stereocenters. The van der Waals surface area contributed by atoms with Gasteiger partial charge in [0.2, 0.25) is 11.8 Å². The van der Waals surface area contributed by atoms with Gasteiger partial charge in [-0.1, -0.05) is 0 Å². The summed E-state index contributed by atoms with van der Waals surface area (Å²) in [5.41, 5.74) is 0.713. The summed E-state index contributed by atoms with van der Waals surface area (Å²) in [4.78, 5) is 69.3. The molecule has 3 heterocycles. The Labute approximate surface area is 217 Å². The first-order chi connectivity index (χ1) is 17.6. The Kier molecular flexibility index (Phi) is 6.32. The Hall–Kier alpha value is -3.64. The number of benzene rings is 1. The predicted octanol–water partition coefficient (Wildman–Crippen LogP) is 2.62. The molecular weight excluding hydrogens is 498 g/mol. The zero-order valence-corrected chi connectivity index (χ0v) is 21.5. The molecule has 11 nitrogen and oxygen atoms in total. The fraction of sp³-hybridized carbons (Fsp3) is 0.440. The quantitative estimate of drug-likeness (QED) is 0.509. The molecule has 1 aromatic carbocycles. The van der Waals surface area contributed by atoms with E-state index in [2.05, 4.69) is 16.0 Å². The molecule has 3 N–H and O–H groups in total. The number of imide groups is 2. The van der Waals surface area contributed by atoms with Crippen molar-refractivity contribution in [2.75, 3.05) is 12.4 Å². The van der Waals surface area contributed by atoms with E-state index in [0.717, 1.165) is 34.9 Å². The van der Waals surface area contributed by atoms with Crippen LogP contribution in [0.25, 0.3) is 0 Å². The molecule has 194 valence electrons. The van der Waals surface area contributed by atoms with Crippen molar-refractivity contribution >= 4 is 46.7 Å². The summed E-state index contributed by atoms with van der Waals surface area (Å²) in [6, 6.07) is 2.84. The number of carbonyl (C=O) groups excluding carboxylic acids is 5. The Balaban J connectivity index is 1.29. The van der Waals surface area contributed by atoms with Crippen LogP contribution in [0, 0.1) is 0 Å². The first-order valence-electron chi connectivity index (χ1n) is 12.1. The lowest BCUT2D eigenvalue weighted by Gasteiger charge is -2.27. The van der Waals surface area contributed by atoms with Crippen LogP contribution in [0.4, 0.5) is 10.5 Å². The van der Waals surface area contributed by atoms with Crippen molar-refractivity contribution in [2.45, 2.75) is 63.6 Å². The molecule has 1 saturated heterocycles. The lowest BCUT2D eigenvalue weighted by molar-refractivity contribution is -0.136. The maximum atomic E-state index is 13.0. The normalized spacial score (nSPS) is 21.4. The van der Waals surface area contributed by atoms with Crippen molar-refractivity contribution in [2.24, 2.45) is 0 Å². The number of piperidine rings is 1. The lowest BCUT2D eigenvalue weighted by Crippen LogP contribution is -2.54. The summed E-state index contributed by atoms with van der Waals surface area (Å²) in [7, 11) is 1.68. The molecule has 0 spiro atoms. The summed E-state index contributed by atoms with van der Waals surface area (Å²) in [6.07, 6.45) is 2.96. The van der Waals surface area contributed by atoms with E-state index < -0.39 is 41.2 Å². The summed E-state index contributed by atoms with van der Waals surface area (Å²) in [5.74, 6) is -2.35. The third kappa shape index (κ3) is 4.51. The van der Waals surface area contributed by atoms with Crippen LogP contribution in [-0.2, 0) is 26.3 Å². The van der Waals surface area contributed by atoms with Crippen molar-refractivity contribution in [1.82, 2.24) is 20.5 Å². The van der Waals surface area contributed by atoms with Gasteiger partial charge in [-0.25, -0.2) is 9.78 Å². The molecule has 1 aromatic heterocycles. The van der Waals surface area contributed by atoms with Crippen LogP contribution in [0.5, 0.6) is 0 Å². The van der Waals surface area contributed by atoms with Gasteiger partial charge in [0.05, 0.1) is 22.4 Å². The Morgan fingerprint density at radius 2 is 1.89 bits per heavy atom. The van der Waals surface area contributed by atoms with E-state index in [1.54, 1.807) is 18.4 Å². The largest absolute Gasteiger partial charge is 0.375 e. The summed E-state index contributed by atoms with van der Waals surface area (Å²) in [6.45, 7) is 3.72. The highest BCUT2D eigenvalue weighted by atomic mass is 32.1. The molecule has 0 bridgehead atoms. The van der Waals surface area contributed by atoms with Crippen LogP contribution in [0.2, 0.25) is 0 Å². The van der Waals surface area contributed by atoms with Gasteiger partial charge in [0, 0.05) is 24.1 Å². The smallest absolute Gasteiger partial charge is 0.319 e. The van der Waals surface area contributed by atoms with Crippen LogP contribution in [0.15, 0.2) is 18.2 Å². The third-order valence-electron chi connectivity index (χ3n) is 6.85. The molecule has 12 heteroatoms. The van der Waals surface area contributed by atoms with Crippen molar-refractivity contribution in [3.05, 3.63) is 44.9 Å². The van der Waals surface area contributed by atoms with Crippen molar-refractivity contribution in [3.8, 4) is 0 Å². The molecule has 6 amide bonds. The van der Waals surface area contributed by atoms with Gasteiger partial charge < -0.3 is 15.4 Å². The molecule has 0 saturated carbocycles. The topological polar surface area (TPSA) is 147 Å². The first kappa shape index (κ1) is 25.0. The number of aromatic nitrogens is 1. The zero-order chi connectivity index (χ0) is 26.5.